The van der Waals surface area contributed by atoms with E-state index in [1.165, 1.54) is 25.4 Å². The summed E-state index contributed by atoms with van der Waals surface area (Å²) in [7, 11) is 0. The van der Waals surface area contributed by atoms with Crippen LogP contribution in [0, 0.1) is 0 Å². The normalized spacial score (nSPS) is 20.1. The van der Waals surface area contributed by atoms with E-state index in [2.05, 4.69) is 30.7 Å². The second-order valence-corrected chi connectivity index (χ2v) is 8.68. The molecule has 2 N–H and O–H groups in total. The Bertz CT molecular complexity index is 1350. The Kier molecular flexibility index (Phi) is 5.04. The van der Waals surface area contributed by atoms with Crippen molar-refractivity contribution in [3.05, 3.63) is 30.1 Å². The highest BCUT2D eigenvalue weighted by molar-refractivity contribution is 6.19. The molecule has 1 atom stereocenters. The van der Waals surface area contributed by atoms with E-state index in [9.17, 15) is 31.5 Å². The molecule has 1 fully saturated rings. The van der Waals surface area contributed by atoms with Crippen molar-refractivity contribution < 1.29 is 31.5 Å². The van der Waals surface area contributed by atoms with Gasteiger partial charge in [0.2, 0.25) is 11.8 Å². The molecule has 0 saturated heterocycles. The molecule has 35 heavy (non-hydrogen) atoms. The van der Waals surface area contributed by atoms with Gasteiger partial charge in [-0.1, -0.05) is 0 Å². The molecular weight excluding hydrogens is 477 g/mol. The summed E-state index contributed by atoms with van der Waals surface area (Å²) >= 11 is 0. The number of aromatic nitrogens is 5. The first-order valence-electron chi connectivity index (χ1n) is 10.7. The highest BCUT2D eigenvalue weighted by atomic mass is 19.4. The average molecular weight is 495 g/mol. The van der Waals surface area contributed by atoms with E-state index in [0.717, 1.165) is 17.5 Å². The molecule has 0 aromatic carbocycles. The summed E-state index contributed by atoms with van der Waals surface area (Å²) in [5.74, 6) is -5.89. The number of nitrogens with zero attached hydrogens (tertiary/aromatic N) is 5. The zero-order valence-corrected chi connectivity index (χ0v) is 18.2. The molecule has 14 heteroatoms. The number of rotatable bonds is 6. The summed E-state index contributed by atoms with van der Waals surface area (Å²) < 4.78 is 65.7. The summed E-state index contributed by atoms with van der Waals surface area (Å²) in [6.07, 6.45) is -2.89. The highest BCUT2D eigenvalue weighted by Crippen LogP contribution is 2.40. The Balaban J connectivity index is 1.50. The number of hydrogen-bond donors (Lipinski definition) is 2. The number of amides is 2. The van der Waals surface area contributed by atoms with Crippen LogP contribution in [0.25, 0.3) is 22.6 Å². The van der Waals surface area contributed by atoms with Gasteiger partial charge in [0.25, 0.3) is 0 Å². The molecule has 1 saturated carbocycles. The Morgan fingerprint density at radius 3 is 2.69 bits per heavy atom. The van der Waals surface area contributed by atoms with Crippen LogP contribution < -0.4 is 10.6 Å². The fourth-order valence-corrected chi connectivity index (χ4v) is 3.81. The van der Waals surface area contributed by atoms with Gasteiger partial charge in [0.15, 0.2) is 16.9 Å². The van der Waals surface area contributed by atoms with Gasteiger partial charge in [0.05, 0.1) is 5.39 Å². The third kappa shape index (κ3) is 3.76. The Morgan fingerprint density at radius 2 is 2.00 bits per heavy atom. The van der Waals surface area contributed by atoms with E-state index in [0.29, 0.717) is 5.39 Å². The Labute approximate surface area is 194 Å². The smallest absolute Gasteiger partial charge is 0.352 e. The van der Waals surface area contributed by atoms with Crippen LogP contribution in [0.5, 0.6) is 0 Å². The van der Waals surface area contributed by atoms with Crippen molar-refractivity contribution in [2.45, 2.75) is 56.3 Å². The second kappa shape index (κ2) is 7.65. The van der Waals surface area contributed by atoms with Crippen LogP contribution in [0.4, 0.5) is 27.8 Å². The standard InChI is InChI=1S/C21H18F5N7O2/c1-19(17(34)29-10-4-5-10)12-9-28-15(30-14(12)31-18(19)35)13-11-3-2-7-27-16(11)33(32-13)8-6-20(22,23)21(24,25)26/h2-3,7,9-10H,4-6,8H2,1H3,(H,29,34)(H,28,30,31,35). The first-order valence-corrected chi connectivity index (χ1v) is 10.7. The summed E-state index contributed by atoms with van der Waals surface area (Å²) in [6.45, 7) is 0.699. The van der Waals surface area contributed by atoms with Crippen LogP contribution in [-0.4, -0.2) is 54.7 Å². The Hall–Kier alpha value is -3.71. The van der Waals surface area contributed by atoms with Gasteiger partial charge in [0.1, 0.15) is 11.5 Å². The van der Waals surface area contributed by atoms with Gasteiger partial charge in [-0.3, -0.25) is 9.59 Å². The number of aryl methyl sites for hydroxylation is 1. The maximum absolute atomic E-state index is 13.5. The monoisotopic (exact) mass is 495 g/mol. The van der Waals surface area contributed by atoms with Crippen molar-refractivity contribution in [2.24, 2.45) is 0 Å². The van der Waals surface area contributed by atoms with Gasteiger partial charge >= 0.3 is 12.1 Å². The zero-order valence-electron chi connectivity index (χ0n) is 18.2. The van der Waals surface area contributed by atoms with Crippen molar-refractivity contribution in [1.82, 2.24) is 30.0 Å². The van der Waals surface area contributed by atoms with E-state index in [-0.39, 0.29) is 34.6 Å². The fraction of sp³-hybridized carbons (Fsp3) is 0.429. The lowest BCUT2D eigenvalue weighted by molar-refractivity contribution is -0.285. The van der Waals surface area contributed by atoms with Gasteiger partial charge in [-0.2, -0.15) is 27.1 Å². The van der Waals surface area contributed by atoms with Gasteiger partial charge < -0.3 is 10.6 Å². The molecule has 9 nitrogen and oxygen atoms in total. The second-order valence-electron chi connectivity index (χ2n) is 8.68. The van der Waals surface area contributed by atoms with Crippen LogP contribution in [-0.2, 0) is 21.5 Å². The van der Waals surface area contributed by atoms with Crippen LogP contribution in [0.15, 0.2) is 24.5 Å². The molecule has 0 spiro atoms. The van der Waals surface area contributed by atoms with Crippen LogP contribution in [0.3, 0.4) is 0 Å². The summed E-state index contributed by atoms with van der Waals surface area (Å²) in [5.41, 5.74) is -1.13. The van der Waals surface area contributed by atoms with Gasteiger partial charge in [0, 0.05) is 37.0 Å². The van der Waals surface area contributed by atoms with Crippen LogP contribution in [0.2, 0.25) is 0 Å². The molecule has 1 unspecified atom stereocenters. The molecule has 2 aliphatic rings. The lowest BCUT2D eigenvalue weighted by Gasteiger charge is -2.20. The number of nitrogens with one attached hydrogen (secondary N) is 2. The first-order chi connectivity index (χ1) is 16.4. The lowest BCUT2D eigenvalue weighted by atomic mass is 9.84. The minimum absolute atomic E-state index is 0.0183. The Morgan fingerprint density at radius 1 is 1.26 bits per heavy atom. The predicted molar refractivity (Wildman–Crippen MR) is 111 cm³/mol. The van der Waals surface area contributed by atoms with Gasteiger partial charge in [-0.05, 0) is 31.9 Å². The number of carbonyl (C=O) groups is 2. The molecule has 4 heterocycles. The molecule has 184 valence electrons. The fourth-order valence-electron chi connectivity index (χ4n) is 3.81. The number of halogens is 5. The lowest BCUT2D eigenvalue weighted by Crippen LogP contribution is -2.47. The van der Waals surface area contributed by atoms with E-state index in [1.807, 2.05) is 0 Å². The molecule has 3 aromatic heterocycles. The molecule has 0 radical (unpaired) electrons. The molecule has 1 aliphatic heterocycles. The van der Waals surface area contributed by atoms with Gasteiger partial charge in [-0.15, -0.1) is 0 Å². The topological polar surface area (TPSA) is 115 Å². The number of alkyl halides is 5. The number of hydrogen-bond acceptors (Lipinski definition) is 6. The van der Waals surface area contributed by atoms with Gasteiger partial charge in [-0.25, -0.2) is 19.6 Å². The molecule has 2 amide bonds. The van der Waals surface area contributed by atoms with E-state index >= 15 is 0 Å². The minimum atomic E-state index is -5.69. The highest BCUT2D eigenvalue weighted by Gasteiger charge is 2.57. The minimum Gasteiger partial charge on any atom is -0.352 e. The molecule has 5 rings (SSSR count). The third-order valence-corrected chi connectivity index (χ3v) is 6.15. The first kappa shape index (κ1) is 23.1. The van der Waals surface area contributed by atoms with Crippen molar-refractivity contribution in [2.75, 3.05) is 5.32 Å². The maximum Gasteiger partial charge on any atom is 0.453 e. The maximum atomic E-state index is 13.5. The van der Waals surface area contributed by atoms with E-state index in [1.54, 1.807) is 6.07 Å². The number of anilines is 1. The third-order valence-electron chi connectivity index (χ3n) is 6.15. The quantitative estimate of drug-likeness (QED) is 0.402. The number of fused-ring (bicyclic) bond motifs is 2. The summed E-state index contributed by atoms with van der Waals surface area (Å²) in [4.78, 5) is 38.0. The summed E-state index contributed by atoms with van der Waals surface area (Å²) in [5, 5.41) is 9.83. The van der Waals surface area contributed by atoms with Crippen molar-refractivity contribution in [3.8, 4) is 11.5 Å². The SMILES string of the molecule is CC1(C(=O)NC2CC2)C(=O)Nc2nc(-c3nn(CCC(F)(F)C(F)(F)F)c4ncccc34)ncc21. The molecular formula is C21H18F5N7O2. The molecule has 1 aliphatic carbocycles. The summed E-state index contributed by atoms with van der Waals surface area (Å²) in [6, 6.07) is 3.12. The number of pyridine rings is 1. The zero-order chi connectivity index (χ0) is 25.2. The predicted octanol–water partition coefficient (Wildman–Crippen LogP) is 2.96. The molecule has 3 aromatic rings. The molecule has 0 bridgehead atoms. The van der Waals surface area contributed by atoms with Crippen LogP contribution >= 0.6 is 0 Å². The van der Waals surface area contributed by atoms with E-state index in [4.69, 9.17) is 0 Å². The largest absolute Gasteiger partial charge is 0.453 e. The average Bonchev–Trinajstić information content (AvgIpc) is 3.48. The number of carbonyl (C=O) groups excluding carboxylic acids is 2. The van der Waals surface area contributed by atoms with Crippen molar-refractivity contribution in [1.29, 1.82) is 0 Å². The van der Waals surface area contributed by atoms with Crippen LogP contribution in [0.1, 0.15) is 31.7 Å². The van der Waals surface area contributed by atoms with Crippen molar-refractivity contribution in [3.63, 3.8) is 0 Å². The van der Waals surface area contributed by atoms with Crippen molar-refractivity contribution >= 4 is 28.7 Å². The van der Waals surface area contributed by atoms with E-state index < -0.39 is 42.3 Å².